The lowest BCUT2D eigenvalue weighted by Gasteiger charge is -2.33. The Labute approximate surface area is 103 Å². The van der Waals surface area contributed by atoms with Crippen LogP contribution in [0.2, 0.25) is 0 Å². The molecule has 0 radical (unpaired) electrons. The van der Waals surface area contributed by atoms with Crippen molar-refractivity contribution in [1.29, 1.82) is 0 Å². The Hall–Kier alpha value is 0.110. The molecule has 1 aliphatic carbocycles. The molecule has 0 amide bonds. The van der Waals surface area contributed by atoms with Gasteiger partial charge in [0, 0.05) is 28.3 Å². The molecule has 0 aromatic carbocycles. The smallest absolute Gasteiger partial charge is 0.0329 e. The van der Waals surface area contributed by atoms with E-state index in [2.05, 4.69) is 26.1 Å². The number of hydrogen-bond donors (Lipinski definition) is 1. The van der Waals surface area contributed by atoms with E-state index in [9.17, 15) is 4.21 Å². The van der Waals surface area contributed by atoms with Crippen molar-refractivity contribution >= 4 is 10.8 Å². The number of rotatable bonds is 5. The molecule has 0 heterocycles. The highest BCUT2D eigenvalue weighted by Gasteiger charge is 2.24. The first kappa shape index (κ1) is 14.2. The molecular weight excluding hydrogens is 218 g/mol. The molecule has 3 heteroatoms. The standard InChI is InChI=1S/C13H27NOS/c1-10-5-6-13(11(2)9-10)14-8-7-12(3)16(4)15/h10-14H,5-9H2,1-4H3/t10-,11+,12-,13-,16-/m1/s1. The molecular formula is C13H27NOS. The zero-order valence-corrected chi connectivity index (χ0v) is 12.0. The maximum absolute atomic E-state index is 11.2. The van der Waals surface area contributed by atoms with E-state index < -0.39 is 10.8 Å². The summed E-state index contributed by atoms with van der Waals surface area (Å²) in [6.45, 7) is 7.80. The molecule has 0 bridgehead atoms. The van der Waals surface area contributed by atoms with Crippen molar-refractivity contribution in [1.82, 2.24) is 5.32 Å². The molecule has 1 fully saturated rings. The van der Waals surface area contributed by atoms with E-state index in [1.165, 1.54) is 19.3 Å². The first-order valence-corrected chi connectivity index (χ1v) is 8.18. The largest absolute Gasteiger partial charge is 0.314 e. The normalized spacial score (nSPS) is 34.6. The van der Waals surface area contributed by atoms with Crippen LogP contribution < -0.4 is 5.32 Å². The van der Waals surface area contributed by atoms with Crippen LogP contribution in [-0.4, -0.2) is 28.3 Å². The maximum atomic E-state index is 11.2. The predicted octanol–water partition coefficient (Wildman–Crippen LogP) is 2.56. The summed E-state index contributed by atoms with van der Waals surface area (Å²) in [5.41, 5.74) is 0. The molecule has 0 aliphatic heterocycles. The van der Waals surface area contributed by atoms with Gasteiger partial charge in [0.25, 0.3) is 0 Å². The van der Waals surface area contributed by atoms with Gasteiger partial charge in [0.1, 0.15) is 0 Å². The van der Waals surface area contributed by atoms with Crippen molar-refractivity contribution in [3.8, 4) is 0 Å². The summed E-state index contributed by atoms with van der Waals surface area (Å²) >= 11 is 0. The third-order valence-electron chi connectivity index (χ3n) is 3.96. The Morgan fingerprint density at radius 1 is 1.38 bits per heavy atom. The molecule has 0 saturated heterocycles. The van der Waals surface area contributed by atoms with E-state index in [1.54, 1.807) is 6.26 Å². The van der Waals surface area contributed by atoms with E-state index in [4.69, 9.17) is 0 Å². The second-order valence-electron chi connectivity index (χ2n) is 5.55. The van der Waals surface area contributed by atoms with Gasteiger partial charge in [-0.2, -0.15) is 0 Å². The van der Waals surface area contributed by atoms with Crippen molar-refractivity contribution in [2.45, 2.75) is 57.7 Å². The zero-order chi connectivity index (χ0) is 12.1. The molecule has 2 nitrogen and oxygen atoms in total. The highest BCUT2D eigenvalue weighted by molar-refractivity contribution is 7.84. The summed E-state index contributed by atoms with van der Waals surface area (Å²) in [6, 6.07) is 0.689. The van der Waals surface area contributed by atoms with Crippen LogP contribution in [-0.2, 0) is 10.8 Å². The molecule has 0 spiro atoms. The summed E-state index contributed by atoms with van der Waals surface area (Å²) in [6.07, 6.45) is 6.85. The summed E-state index contributed by atoms with van der Waals surface area (Å²) in [4.78, 5) is 0. The Bertz CT molecular complexity index is 232. The van der Waals surface area contributed by atoms with Crippen LogP contribution in [0.25, 0.3) is 0 Å². The lowest BCUT2D eigenvalue weighted by Crippen LogP contribution is -2.40. The van der Waals surface area contributed by atoms with Gasteiger partial charge >= 0.3 is 0 Å². The molecule has 5 atom stereocenters. The third-order valence-corrected chi connectivity index (χ3v) is 5.32. The fourth-order valence-electron chi connectivity index (χ4n) is 2.61. The Kier molecular flexibility index (Phi) is 5.98. The fourth-order valence-corrected chi connectivity index (χ4v) is 3.06. The molecule has 1 N–H and O–H groups in total. The minimum Gasteiger partial charge on any atom is -0.314 e. The molecule has 0 unspecified atom stereocenters. The van der Waals surface area contributed by atoms with Gasteiger partial charge in [-0.15, -0.1) is 0 Å². The topological polar surface area (TPSA) is 29.1 Å². The van der Waals surface area contributed by atoms with E-state index in [0.717, 1.165) is 24.8 Å². The molecule has 0 aromatic rings. The van der Waals surface area contributed by atoms with E-state index in [-0.39, 0.29) is 0 Å². The second kappa shape index (κ2) is 6.75. The predicted molar refractivity (Wildman–Crippen MR) is 72.1 cm³/mol. The van der Waals surface area contributed by atoms with Gasteiger partial charge in [0.05, 0.1) is 0 Å². The quantitative estimate of drug-likeness (QED) is 0.806. The fraction of sp³-hybridized carbons (Fsp3) is 1.00. The first-order chi connectivity index (χ1) is 7.50. The average molecular weight is 245 g/mol. The molecule has 1 aliphatic rings. The monoisotopic (exact) mass is 245 g/mol. The zero-order valence-electron chi connectivity index (χ0n) is 11.2. The Balaban J connectivity index is 2.20. The van der Waals surface area contributed by atoms with Crippen LogP contribution in [0.1, 0.15) is 46.5 Å². The van der Waals surface area contributed by atoms with Crippen LogP contribution in [0.5, 0.6) is 0 Å². The van der Waals surface area contributed by atoms with Gasteiger partial charge in [0.15, 0.2) is 0 Å². The number of nitrogens with one attached hydrogen (secondary N) is 1. The number of hydrogen-bond acceptors (Lipinski definition) is 2. The second-order valence-corrected chi connectivity index (χ2v) is 7.36. The van der Waals surface area contributed by atoms with Crippen LogP contribution in [0.3, 0.4) is 0 Å². The summed E-state index contributed by atoms with van der Waals surface area (Å²) in [7, 11) is -0.671. The lowest BCUT2D eigenvalue weighted by molar-refractivity contribution is 0.228. The van der Waals surface area contributed by atoms with Crippen molar-refractivity contribution in [2.24, 2.45) is 11.8 Å². The molecule has 1 rings (SSSR count). The van der Waals surface area contributed by atoms with Gasteiger partial charge in [-0.3, -0.25) is 4.21 Å². The van der Waals surface area contributed by atoms with E-state index >= 15 is 0 Å². The maximum Gasteiger partial charge on any atom is 0.0329 e. The summed E-state index contributed by atoms with van der Waals surface area (Å²) < 4.78 is 11.2. The molecule has 16 heavy (non-hydrogen) atoms. The third kappa shape index (κ3) is 4.54. The van der Waals surface area contributed by atoms with Gasteiger partial charge in [-0.25, -0.2) is 0 Å². The van der Waals surface area contributed by atoms with Crippen molar-refractivity contribution in [3.05, 3.63) is 0 Å². The van der Waals surface area contributed by atoms with Crippen LogP contribution in [0.15, 0.2) is 0 Å². The molecule has 96 valence electrons. The van der Waals surface area contributed by atoms with Crippen LogP contribution >= 0.6 is 0 Å². The van der Waals surface area contributed by atoms with Crippen molar-refractivity contribution in [2.75, 3.05) is 12.8 Å². The Morgan fingerprint density at radius 2 is 2.06 bits per heavy atom. The Morgan fingerprint density at radius 3 is 2.62 bits per heavy atom. The van der Waals surface area contributed by atoms with Gasteiger partial charge < -0.3 is 5.32 Å². The van der Waals surface area contributed by atoms with Crippen LogP contribution in [0, 0.1) is 11.8 Å². The van der Waals surface area contributed by atoms with Crippen molar-refractivity contribution < 1.29 is 4.21 Å². The van der Waals surface area contributed by atoms with Crippen LogP contribution in [0.4, 0.5) is 0 Å². The lowest BCUT2D eigenvalue weighted by atomic mass is 9.80. The first-order valence-electron chi connectivity index (χ1n) is 6.56. The highest BCUT2D eigenvalue weighted by Crippen LogP contribution is 2.28. The summed E-state index contributed by atoms with van der Waals surface area (Å²) in [5, 5.41) is 3.97. The van der Waals surface area contributed by atoms with Gasteiger partial charge in [0.2, 0.25) is 0 Å². The SMILES string of the molecule is C[C@@H]1CC[C@@H](NCC[C@@H](C)[S@@](C)=O)[C@@H](C)C1. The average Bonchev–Trinajstić information content (AvgIpc) is 2.20. The molecule has 0 aromatic heterocycles. The minimum atomic E-state index is -0.671. The van der Waals surface area contributed by atoms with E-state index in [0.29, 0.717) is 11.3 Å². The minimum absolute atomic E-state index is 0.324. The van der Waals surface area contributed by atoms with E-state index in [1.807, 2.05) is 0 Å². The molecule has 1 saturated carbocycles. The van der Waals surface area contributed by atoms with Crippen molar-refractivity contribution in [3.63, 3.8) is 0 Å². The summed E-state index contributed by atoms with van der Waals surface area (Å²) in [5.74, 6) is 1.70. The van der Waals surface area contributed by atoms with Gasteiger partial charge in [-0.1, -0.05) is 20.8 Å². The van der Waals surface area contributed by atoms with Gasteiger partial charge in [-0.05, 0) is 44.1 Å². The highest BCUT2D eigenvalue weighted by atomic mass is 32.2.